The van der Waals surface area contributed by atoms with Gasteiger partial charge in [0.05, 0.1) is 0 Å². The zero-order chi connectivity index (χ0) is 15.5. The Morgan fingerprint density at radius 1 is 1.38 bits per heavy atom. The lowest BCUT2D eigenvalue weighted by Gasteiger charge is -2.31. The second-order valence-corrected chi connectivity index (χ2v) is 6.59. The molecule has 0 saturated heterocycles. The largest absolute Gasteiger partial charge is 0.508 e. The van der Waals surface area contributed by atoms with Crippen molar-refractivity contribution in [1.82, 2.24) is 0 Å². The van der Waals surface area contributed by atoms with E-state index in [2.05, 4.69) is 4.90 Å². The van der Waals surface area contributed by atoms with Crippen LogP contribution < -0.4 is 4.90 Å². The molecule has 0 saturated carbocycles. The zero-order valence-electron chi connectivity index (χ0n) is 13.2. The topological polar surface area (TPSA) is 49.8 Å². The quantitative estimate of drug-likeness (QED) is 0.865. The molecule has 0 fully saturated rings. The summed E-state index contributed by atoms with van der Waals surface area (Å²) in [6, 6.07) is 5.55. The molecule has 0 unspecified atom stereocenters. The number of benzene rings is 1. The van der Waals surface area contributed by atoms with E-state index in [0.717, 1.165) is 38.0 Å². The molecule has 0 bridgehead atoms. The normalized spacial score (nSPS) is 14.7. The Labute approximate surface area is 126 Å². The monoisotopic (exact) mass is 291 g/mol. The molecule has 0 spiro atoms. The highest BCUT2D eigenvalue weighted by molar-refractivity contribution is 5.70. The van der Waals surface area contributed by atoms with E-state index in [0.29, 0.717) is 12.2 Å². The third-order valence-electron chi connectivity index (χ3n) is 3.51. The fourth-order valence-electron chi connectivity index (χ4n) is 2.68. The minimum absolute atomic E-state index is 0.143. The number of anilines is 1. The maximum absolute atomic E-state index is 11.7. The van der Waals surface area contributed by atoms with Gasteiger partial charge < -0.3 is 14.7 Å². The van der Waals surface area contributed by atoms with Crippen molar-refractivity contribution in [2.24, 2.45) is 0 Å². The van der Waals surface area contributed by atoms with Crippen LogP contribution in [0.4, 0.5) is 5.69 Å². The molecule has 0 amide bonds. The fourth-order valence-corrected chi connectivity index (χ4v) is 2.68. The van der Waals surface area contributed by atoms with Gasteiger partial charge in [-0.05, 0) is 51.7 Å². The standard InChI is InChI=1S/C17H25NO3/c1-17(2,3)21-16(20)7-5-11-18-10-4-6-13-8-9-14(19)12-15(13)18/h8-9,12,19H,4-7,10-11H2,1-3H3. The van der Waals surface area contributed by atoms with Gasteiger partial charge in [0.15, 0.2) is 0 Å². The van der Waals surface area contributed by atoms with Crippen molar-refractivity contribution >= 4 is 11.7 Å². The molecule has 21 heavy (non-hydrogen) atoms. The van der Waals surface area contributed by atoms with Crippen molar-refractivity contribution < 1.29 is 14.6 Å². The van der Waals surface area contributed by atoms with Crippen LogP contribution in [-0.4, -0.2) is 29.8 Å². The summed E-state index contributed by atoms with van der Waals surface area (Å²) in [7, 11) is 0. The second kappa shape index (κ2) is 6.37. The van der Waals surface area contributed by atoms with Crippen molar-refractivity contribution in [2.45, 2.75) is 52.1 Å². The van der Waals surface area contributed by atoms with E-state index in [1.54, 1.807) is 6.07 Å². The first-order chi connectivity index (χ1) is 9.85. The van der Waals surface area contributed by atoms with Crippen LogP contribution in [-0.2, 0) is 16.0 Å². The predicted octanol–water partition coefficient (Wildman–Crippen LogP) is 3.27. The molecule has 116 valence electrons. The molecule has 1 aliphatic heterocycles. The number of aryl methyl sites for hydroxylation is 1. The van der Waals surface area contributed by atoms with Crippen LogP contribution in [0.3, 0.4) is 0 Å². The van der Waals surface area contributed by atoms with Gasteiger partial charge in [-0.25, -0.2) is 0 Å². The Balaban J connectivity index is 1.88. The number of fused-ring (bicyclic) bond motifs is 1. The number of aromatic hydroxyl groups is 1. The van der Waals surface area contributed by atoms with Crippen molar-refractivity contribution in [1.29, 1.82) is 0 Å². The minimum Gasteiger partial charge on any atom is -0.508 e. The average Bonchev–Trinajstić information content (AvgIpc) is 2.37. The Kier molecular flexibility index (Phi) is 4.76. The van der Waals surface area contributed by atoms with Crippen LogP contribution in [0.1, 0.15) is 45.6 Å². The van der Waals surface area contributed by atoms with Gasteiger partial charge in [0.25, 0.3) is 0 Å². The van der Waals surface area contributed by atoms with Crippen LogP contribution >= 0.6 is 0 Å². The molecule has 1 heterocycles. The molecule has 0 atom stereocenters. The van der Waals surface area contributed by atoms with Crippen LogP contribution in [0.25, 0.3) is 0 Å². The Morgan fingerprint density at radius 2 is 2.14 bits per heavy atom. The van der Waals surface area contributed by atoms with E-state index < -0.39 is 5.60 Å². The molecule has 4 heteroatoms. The highest BCUT2D eigenvalue weighted by Gasteiger charge is 2.19. The number of ether oxygens (including phenoxy) is 1. The maximum atomic E-state index is 11.7. The van der Waals surface area contributed by atoms with Crippen molar-refractivity contribution in [3.8, 4) is 5.75 Å². The van der Waals surface area contributed by atoms with E-state index in [4.69, 9.17) is 4.74 Å². The third-order valence-corrected chi connectivity index (χ3v) is 3.51. The van der Waals surface area contributed by atoms with Gasteiger partial charge >= 0.3 is 5.97 Å². The molecule has 0 radical (unpaired) electrons. The van der Waals surface area contributed by atoms with E-state index in [1.165, 1.54) is 5.56 Å². The smallest absolute Gasteiger partial charge is 0.306 e. The number of nitrogens with zero attached hydrogens (tertiary/aromatic N) is 1. The summed E-state index contributed by atoms with van der Waals surface area (Å²) in [6.07, 6.45) is 3.37. The zero-order valence-corrected chi connectivity index (χ0v) is 13.2. The number of phenols is 1. The van der Waals surface area contributed by atoms with Gasteiger partial charge in [0.2, 0.25) is 0 Å². The number of carbonyl (C=O) groups is 1. The first-order valence-electron chi connectivity index (χ1n) is 7.64. The molecule has 1 N–H and O–H groups in total. The number of carbonyl (C=O) groups excluding carboxylic acids is 1. The Bertz CT molecular complexity index is 505. The Hall–Kier alpha value is -1.71. The van der Waals surface area contributed by atoms with E-state index in [9.17, 15) is 9.90 Å². The lowest BCUT2D eigenvalue weighted by atomic mass is 10.0. The molecular weight excluding hydrogens is 266 g/mol. The van der Waals surface area contributed by atoms with Gasteiger partial charge in [0.1, 0.15) is 11.4 Å². The summed E-state index contributed by atoms with van der Waals surface area (Å²) in [4.78, 5) is 14.0. The summed E-state index contributed by atoms with van der Waals surface area (Å²) in [5.41, 5.74) is 1.96. The number of hydrogen-bond donors (Lipinski definition) is 1. The summed E-state index contributed by atoms with van der Waals surface area (Å²) >= 11 is 0. The summed E-state index contributed by atoms with van der Waals surface area (Å²) in [5, 5.41) is 9.65. The predicted molar refractivity (Wildman–Crippen MR) is 83.7 cm³/mol. The molecular formula is C17H25NO3. The van der Waals surface area contributed by atoms with Crippen molar-refractivity contribution in [3.63, 3.8) is 0 Å². The lowest BCUT2D eigenvalue weighted by molar-refractivity contribution is -0.154. The Morgan fingerprint density at radius 3 is 2.86 bits per heavy atom. The molecule has 2 rings (SSSR count). The number of esters is 1. The van der Waals surface area contributed by atoms with Gasteiger partial charge in [0, 0.05) is 31.3 Å². The summed E-state index contributed by atoms with van der Waals surface area (Å²) in [5.74, 6) is 0.156. The number of rotatable bonds is 4. The maximum Gasteiger partial charge on any atom is 0.306 e. The molecule has 1 aromatic carbocycles. The van der Waals surface area contributed by atoms with E-state index >= 15 is 0 Å². The van der Waals surface area contributed by atoms with Crippen LogP contribution in [0, 0.1) is 0 Å². The van der Waals surface area contributed by atoms with Gasteiger partial charge in [-0.1, -0.05) is 6.07 Å². The molecule has 0 aromatic heterocycles. The highest BCUT2D eigenvalue weighted by Crippen LogP contribution is 2.30. The van der Waals surface area contributed by atoms with Gasteiger partial charge in [-0.3, -0.25) is 4.79 Å². The van der Waals surface area contributed by atoms with Crippen LogP contribution in [0.15, 0.2) is 18.2 Å². The SMILES string of the molecule is CC(C)(C)OC(=O)CCCN1CCCc2ccc(O)cc21. The lowest BCUT2D eigenvalue weighted by Crippen LogP contribution is -2.31. The first-order valence-corrected chi connectivity index (χ1v) is 7.64. The summed E-state index contributed by atoms with van der Waals surface area (Å²) < 4.78 is 5.32. The van der Waals surface area contributed by atoms with E-state index in [1.807, 2.05) is 32.9 Å². The van der Waals surface area contributed by atoms with E-state index in [-0.39, 0.29) is 5.97 Å². The molecule has 1 aliphatic rings. The van der Waals surface area contributed by atoms with Gasteiger partial charge in [-0.2, -0.15) is 0 Å². The average molecular weight is 291 g/mol. The van der Waals surface area contributed by atoms with Crippen molar-refractivity contribution in [3.05, 3.63) is 23.8 Å². The number of phenolic OH excluding ortho intramolecular Hbond substituents is 1. The molecule has 4 nitrogen and oxygen atoms in total. The van der Waals surface area contributed by atoms with Crippen LogP contribution in [0.2, 0.25) is 0 Å². The minimum atomic E-state index is -0.416. The fraction of sp³-hybridized carbons (Fsp3) is 0.588. The van der Waals surface area contributed by atoms with Crippen molar-refractivity contribution in [2.75, 3.05) is 18.0 Å². The second-order valence-electron chi connectivity index (χ2n) is 6.59. The van der Waals surface area contributed by atoms with Gasteiger partial charge in [-0.15, -0.1) is 0 Å². The number of hydrogen-bond acceptors (Lipinski definition) is 4. The third kappa shape index (κ3) is 4.66. The molecule has 1 aromatic rings. The summed E-state index contributed by atoms with van der Waals surface area (Å²) in [6.45, 7) is 7.44. The highest BCUT2D eigenvalue weighted by atomic mass is 16.6. The molecule has 0 aliphatic carbocycles. The van der Waals surface area contributed by atoms with Crippen LogP contribution in [0.5, 0.6) is 5.75 Å². The first kappa shape index (κ1) is 15.7.